The fourth-order valence-corrected chi connectivity index (χ4v) is 3.03. The number of nitrogens with one attached hydrogen (secondary N) is 1. The van der Waals surface area contributed by atoms with Crippen molar-refractivity contribution in [3.05, 3.63) is 51.2 Å². The van der Waals surface area contributed by atoms with Crippen LogP contribution in [0.5, 0.6) is 11.5 Å². The second-order valence-electron chi connectivity index (χ2n) is 4.20. The maximum atomic E-state index is 6.21. The lowest BCUT2D eigenvalue weighted by Crippen LogP contribution is -2.29. The molecular weight excluding hydrogens is 358 g/mol. The lowest BCUT2D eigenvalue weighted by molar-refractivity contribution is 0.383. The summed E-state index contributed by atoms with van der Waals surface area (Å²) in [4.78, 5) is 3.98. The van der Waals surface area contributed by atoms with Gasteiger partial charge in [-0.1, -0.05) is 11.6 Å². The maximum absolute atomic E-state index is 6.21. The van der Waals surface area contributed by atoms with Gasteiger partial charge in [-0.2, -0.15) is 0 Å². The van der Waals surface area contributed by atoms with Gasteiger partial charge >= 0.3 is 0 Å². The smallest absolute Gasteiger partial charge is 0.141 e. The van der Waals surface area contributed by atoms with Crippen LogP contribution in [0, 0.1) is 0 Å². The van der Waals surface area contributed by atoms with Gasteiger partial charge in [-0.3, -0.25) is 10.8 Å². The Morgan fingerprint density at radius 1 is 1.24 bits per heavy atom. The van der Waals surface area contributed by atoms with Crippen molar-refractivity contribution in [1.82, 2.24) is 10.4 Å². The molecule has 21 heavy (non-hydrogen) atoms. The molecule has 2 aromatic rings. The van der Waals surface area contributed by atoms with E-state index in [4.69, 9.17) is 26.9 Å². The summed E-state index contributed by atoms with van der Waals surface area (Å²) < 4.78 is 11.5. The number of rotatable bonds is 5. The van der Waals surface area contributed by atoms with Gasteiger partial charge in [0.1, 0.15) is 16.0 Å². The first kappa shape index (κ1) is 16.0. The Hall–Kier alpha value is -1.34. The van der Waals surface area contributed by atoms with Crippen LogP contribution in [0.4, 0.5) is 0 Å². The van der Waals surface area contributed by atoms with Gasteiger partial charge in [0.05, 0.1) is 25.3 Å². The lowest BCUT2D eigenvalue weighted by atomic mass is 9.99. The second kappa shape index (κ2) is 7.09. The van der Waals surface area contributed by atoms with Crippen molar-refractivity contribution in [2.45, 2.75) is 6.04 Å². The monoisotopic (exact) mass is 371 g/mol. The number of ether oxygens (including phenoxy) is 2. The molecular formula is C14H15BrClN3O2. The molecule has 0 aliphatic heterocycles. The Balaban J connectivity index is 2.58. The molecule has 0 bridgehead atoms. The minimum Gasteiger partial charge on any atom is -0.495 e. The lowest BCUT2D eigenvalue weighted by Gasteiger charge is -2.22. The number of methoxy groups -OCH3 is 2. The predicted molar refractivity (Wildman–Crippen MR) is 85.7 cm³/mol. The first-order chi connectivity index (χ1) is 10.1. The fraction of sp³-hybridized carbons (Fsp3) is 0.214. The first-order valence-electron chi connectivity index (χ1n) is 6.10. The third-order valence-corrected chi connectivity index (χ3v) is 4.18. The third kappa shape index (κ3) is 3.13. The summed E-state index contributed by atoms with van der Waals surface area (Å²) in [6.07, 6.45) is 3.24. The van der Waals surface area contributed by atoms with E-state index >= 15 is 0 Å². The van der Waals surface area contributed by atoms with Crippen LogP contribution >= 0.6 is 27.5 Å². The quantitative estimate of drug-likeness (QED) is 0.623. The van der Waals surface area contributed by atoms with Crippen LogP contribution in [0.25, 0.3) is 0 Å². The van der Waals surface area contributed by atoms with Crippen LogP contribution in [0.2, 0.25) is 5.02 Å². The van der Waals surface area contributed by atoms with Crippen molar-refractivity contribution in [3.63, 3.8) is 0 Å². The van der Waals surface area contributed by atoms with E-state index < -0.39 is 0 Å². The minimum absolute atomic E-state index is 0.336. The molecule has 0 fully saturated rings. The van der Waals surface area contributed by atoms with Gasteiger partial charge < -0.3 is 9.47 Å². The topological polar surface area (TPSA) is 69.4 Å². The number of hydrazine groups is 1. The molecule has 0 amide bonds. The van der Waals surface area contributed by atoms with Crippen LogP contribution in [0.1, 0.15) is 17.2 Å². The Morgan fingerprint density at radius 2 is 2.00 bits per heavy atom. The molecule has 0 saturated carbocycles. The highest BCUT2D eigenvalue weighted by Gasteiger charge is 2.22. The van der Waals surface area contributed by atoms with Crippen LogP contribution in [-0.4, -0.2) is 19.2 Å². The summed E-state index contributed by atoms with van der Waals surface area (Å²) in [6.45, 7) is 0. The van der Waals surface area contributed by atoms with Gasteiger partial charge in [0.25, 0.3) is 0 Å². The number of nitrogens with zero attached hydrogens (tertiary/aromatic N) is 1. The van der Waals surface area contributed by atoms with Crippen molar-refractivity contribution in [1.29, 1.82) is 0 Å². The molecule has 1 atom stereocenters. The van der Waals surface area contributed by atoms with Crippen LogP contribution < -0.4 is 20.7 Å². The highest BCUT2D eigenvalue weighted by Crippen LogP contribution is 2.41. The number of halogens is 2. The average molecular weight is 373 g/mol. The van der Waals surface area contributed by atoms with E-state index in [1.165, 1.54) is 0 Å². The van der Waals surface area contributed by atoms with E-state index in [-0.39, 0.29) is 6.04 Å². The van der Waals surface area contributed by atoms with E-state index in [0.29, 0.717) is 16.5 Å². The average Bonchev–Trinajstić information content (AvgIpc) is 2.50. The molecule has 1 heterocycles. The highest BCUT2D eigenvalue weighted by atomic mass is 79.9. The molecule has 3 N–H and O–H groups in total. The van der Waals surface area contributed by atoms with Gasteiger partial charge in [-0.15, -0.1) is 0 Å². The third-order valence-electron chi connectivity index (χ3n) is 3.11. The molecule has 1 aromatic carbocycles. The first-order valence-corrected chi connectivity index (χ1v) is 7.27. The molecule has 7 heteroatoms. The molecule has 0 saturated heterocycles. The predicted octanol–water partition coefficient (Wildman–Crippen LogP) is 3.07. The normalized spacial score (nSPS) is 12.0. The summed E-state index contributed by atoms with van der Waals surface area (Å²) in [5.74, 6) is 7.02. The van der Waals surface area contributed by atoms with Crippen molar-refractivity contribution in [2.24, 2.45) is 5.84 Å². The summed E-state index contributed by atoms with van der Waals surface area (Å²) in [6, 6.07) is 5.19. The summed E-state index contributed by atoms with van der Waals surface area (Å²) in [5, 5.41) is 0.523. The van der Waals surface area contributed by atoms with E-state index in [2.05, 4.69) is 26.3 Å². The van der Waals surface area contributed by atoms with E-state index in [9.17, 15) is 0 Å². The largest absolute Gasteiger partial charge is 0.495 e. The van der Waals surface area contributed by atoms with Gasteiger partial charge in [-0.25, -0.2) is 5.43 Å². The molecule has 112 valence electrons. The van der Waals surface area contributed by atoms with Gasteiger partial charge in [0.15, 0.2) is 0 Å². The van der Waals surface area contributed by atoms with Crippen molar-refractivity contribution in [3.8, 4) is 11.5 Å². The van der Waals surface area contributed by atoms with E-state index in [1.807, 2.05) is 18.2 Å². The van der Waals surface area contributed by atoms with Crippen LogP contribution in [-0.2, 0) is 0 Å². The summed E-state index contributed by atoms with van der Waals surface area (Å²) in [7, 11) is 3.18. The van der Waals surface area contributed by atoms with Crippen molar-refractivity contribution >= 4 is 27.5 Å². The SMILES string of the molecule is COc1ccc(C(NN)c2ccncc2Cl)c(OC)c1Br. The van der Waals surface area contributed by atoms with Crippen LogP contribution in [0.3, 0.4) is 0 Å². The number of nitrogens with two attached hydrogens (primary N) is 1. The molecule has 0 aliphatic rings. The van der Waals surface area contributed by atoms with Gasteiger partial charge in [0.2, 0.25) is 0 Å². The minimum atomic E-state index is -0.336. The molecule has 5 nitrogen and oxygen atoms in total. The standard InChI is InChI=1S/C14H15BrClN3O2/c1-20-11-4-3-9(14(21-2)12(11)15)13(19-17)8-5-6-18-7-10(8)16/h3-7,13,19H,17H2,1-2H3. The zero-order valence-electron chi connectivity index (χ0n) is 11.6. The van der Waals surface area contributed by atoms with Gasteiger partial charge in [0, 0.05) is 18.0 Å². The number of benzene rings is 1. The molecule has 0 spiro atoms. The summed E-state index contributed by atoms with van der Waals surface area (Å²) >= 11 is 9.68. The maximum Gasteiger partial charge on any atom is 0.141 e. The Labute approximate surface area is 136 Å². The molecule has 0 aliphatic carbocycles. The van der Waals surface area contributed by atoms with Crippen molar-refractivity contribution < 1.29 is 9.47 Å². The number of pyridine rings is 1. The number of hydrogen-bond acceptors (Lipinski definition) is 5. The molecule has 1 aromatic heterocycles. The Bertz CT molecular complexity index is 640. The fourth-order valence-electron chi connectivity index (χ4n) is 2.11. The molecule has 0 radical (unpaired) electrons. The molecule has 1 unspecified atom stereocenters. The van der Waals surface area contributed by atoms with Crippen LogP contribution in [0.15, 0.2) is 35.1 Å². The number of hydrogen-bond donors (Lipinski definition) is 2. The van der Waals surface area contributed by atoms with E-state index in [0.717, 1.165) is 15.6 Å². The number of aromatic nitrogens is 1. The Morgan fingerprint density at radius 3 is 2.57 bits per heavy atom. The van der Waals surface area contributed by atoms with Crippen molar-refractivity contribution in [2.75, 3.05) is 14.2 Å². The second-order valence-corrected chi connectivity index (χ2v) is 5.40. The highest BCUT2D eigenvalue weighted by molar-refractivity contribution is 9.10. The zero-order valence-corrected chi connectivity index (χ0v) is 13.9. The molecule has 2 rings (SSSR count). The summed E-state index contributed by atoms with van der Waals surface area (Å²) in [5.41, 5.74) is 4.40. The van der Waals surface area contributed by atoms with E-state index in [1.54, 1.807) is 26.6 Å². The van der Waals surface area contributed by atoms with Gasteiger partial charge in [-0.05, 0) is 39.7 Å². The Kier molecular flexibility index (Phi) is 5.41. The zero-order chi connectivity index (χ0) is 15.4.